The van der Waals surface area contributed by atoms with Gasteiger partial charge in [0.2, 0.25) is 16.9 Å². The van der Waals surface area contributed by atoms with E-state index in [0.29, 0.717) is 39.3 Å². The number of furan rings is 1. The van der Waals surface area contributed by atoms with E-state index in [4.69, 9.17) is 13.6 Å². The standard InChI is InChI=1S/C27H23N3O6/c1-16-13-22(31)26-25(35-16)20(24(36-26)17-7-9-18(34-2)10-8-17)14-23(32)28-11-12-30-15-29-21-6-4-3-5-19(21)27(30)33/h3-10,13,15H,11-12,14H2,1-2H3,(H,28,32). The molecular formula is C27H23N3O6. The molecule has 0 aliphatic rings. The number of carbonyl (C=O) groups is 1. The first-order chi connectivity index (χ1) is 17.4. The van der Waals surface area contributed by atoms with Crippen molar-refractivity contribution in [3.63, 3.8) is 0 Å². The molecule has 0 saturated carbocycles. The molecule has 3 aromatic heterocycles. The molecule has 5 rings (SSSR count). The molecule has 0 bridgehead atoms. The molecule has 0 aliphatic heterocycles. The van der Waals surface area contributed by atoms with Gasteiger partial charge < -0.3 is 18.9 Å². The number of benzene rings is 2. The monoisotopic (exact) mass is 485 g/mol. The minimum absolute atomic E-state index is 0.0583. The maximum Gasteiger partial charge on any atom is 0.261 e. The highest BCUT2D eigenvalue weighted by Gasteiger charge is 2.23. The summed E-state index contributed by atoms with van der Waals surface area (Å²) in [5, 5.41) is 3.35. The molecule has 0 radical (unpaired) electrons. The van der Waals surface area contributed by atoms with Crippen LogP contribution < -0.4 is 21.0 Å². The predicted molar refractivity (Wildman–Crippen MR) is 134 cm³/mol. The van der Waals surface area contributed by atoms with Crippen molar-refractivity contribution in [2.24, 2.45) is 0 Å². The fourth-order valence-corrected chi connectivity index (χ4v) is 4.10. The summed E-state index contributed by atoms with van der Waals surface area (Å²) in [5.41, 5.74) is 1.58. The third kappa shape index (κ3) is 4.38. The highest BCUT2D eigenvalue weighted by Crippen LogP contribution is 2.34. The van der Waals surface area contributed by atoms with Gasteiger partial charge in [-0.25, -0.2) is 4.98 Å². The van der Waals surface area contributed by atoms with Crippen molar-refractivity contribution in [3.05, 3.63) is 92.8 Å². The highest BCUT2D eigenvalue weighted by atomic mass is 16.5. The molecular weight excluding hydrogens is 462 g/mol. The number of rotatable bonds is 7. The molecule has 0 spiro atoms. The molecule has 36 heavy (non-hydrogen) atoms. The summed E-state index contributed by atoms with van der Waals surface area (Å²) in [4.78, 5) is 42.4. The second-order valence-electron chi connectivity index (χ2n) is 8.30. The van der Waals surface area contributed by atoms with Gasteiger partial charge in [-0.2, -0.15) is 0 Å². The number of hydrogen-bond acceptors (Lipinski definition) is 7. The third-order valence-electron chi connectivity index (χ3n) is 5.88. The van der Waals surface area contributed by atoms with E-state index in [0.717, 1.165) is 0 Å². The van der Waals surface area contributed by atoms with E-state index in [-0.39, 0.29) is 47.6 Å². The summed E-state index contributed by atoms with van der Waals surface area (Å²) in [6, 6.07) is 15.6. The topological polar surface area (TPSA) is 117 Å². The molecule has 0 atom stereocenters. The molecule has 9 heteroatoms. The number of ether oxygens (including phenoxy) is 1. The van der Waals surface area contributed by atoms with Crippen LogP contribution in [0, 0.1) is 6.92 Å². The van der Waals surface area contributed by atoms with Crippen LogP contribution in [0.1, 0.15) is 11.3 Å². The minimum Gasteiger partial charge on any atom is -0.497 e. The Morgan fingerprint density at radius 1 is 1.06 bits per heavy atom. The molecule has 0 fully saturated rings. The van der Waals surface area contributed by atoms with Crippen molar-refractivity contribution in [3.8, 4) is 17.1 Å². The van der Waals surface area contributed by atoms with Crippen LogP contribution in [-0.2, 0) is 17.8 Å². The minimum atomic E-state index is -0.321. The molecule has 0 saturated heterocycles. The number of fused-ring (bicyclic) bond motifs is 2. The first-order valence-electron chi connectivity index (χ1n) is 11.4. The van der Waals surface area contributed by atoms with Crippen molar-refractivity contribution in [1.82, 2.24) is 14.9 Å². The first-order valence-corrected chi connectivity index (χ1v) is 11.4. The number of nitrogens with one attached hydrogen (secondary N) is 1. The van der Waals surface area contributed by atoms with E-state index < -0.39 is 0 Å². The second kappa shape index (κ2) is 9.53. The highest BCUT2D eigenvalue weighted by molar-refractivity contribution is 5.90. The number of aryl methyl sites for hydroxylation is 1. The van der Waals surface area contributed by atoms with Gasteiger partial charge in [-0.3, -0.25) is 19.0 Å². The van der Waals surface area contributed by atoms with Crippen LogP contribution in [0.15, 0.2) is 79.3 Å². The van der Waals surface area contributed by atoms with Crippen LogP contribution in [0.4, 0.5) is 0 Å². The Morgan fingerprint density at radius 3 is 2.61 bits per heavy atom. The molecule has 182 valence electrons. The van der Waals surface area contributed by atoms with E-state index >= 15 is 0 Å². The molecule has 2 aromatic carbocycles. The number of methoxy groups -OCH3 is 1. The van der Waals surface area contributed by atoms with Crippen LogP contribution in [0.2, 0.25) is 0 Å². The largest absolute Gasteiger partial charge is 0.497 e. The summed E-state index contributed by atoms with van der Waals surface area (Å²) in [5.74, 6) is 1.15. The molecule has 5 aromatic rings. The fourth-order valence-electron chi connectivity index (χ4n) is 4.10. The quantitative estimate of drug-likeness (QED) is 0.375. The Morgan fingerprint density at radius 2 is 1.83 bits per heavy atom. The average Bonchev–Trinajstić information content (AvgIpc) is 3.24. The Balaban J connectivity index is 1.39. The molecule has 3 heterocycles. The number of hydrogen-bond donors (Lipinski definition) is 1. The van der Waals surface area contributed by atoms with Gasteiger partial charge in [-0.1, -0.05) is 12.1 Å². The summed E-state index contributed by atoms with van der Waals surface area (Å²) in [6.45, 7) is 2.14. The Hall–Kier alpha value is -4.66. The number of carbonyl (C=O) groups excluding carboxylic acids is 1. The van der Waals surface area contributed by atoms with Crippen LogP contribution >= 0.6 is 0 Å². The van der Waals surface area contributed by atoms with E-state index in [9.17, 15) is 14.4 Å². The summed E-state index contributed by atoms with van der Waals surface area (Å²) in [6.07, 6.45) is 1.39. The van der Waals surface area contributed by atoms with E-state index in [1.807, 2.05) is 6.07 Å². The lowest BCUT2D eigenvalue weighted by Gasteiger charge is -2.09. The van der Waals surface area contributed by atoms with Crippen molar-refractivity contribution in [2.75, 3.05) is 13.7 Å². The predicted octanol–water partition coefficient (Wildman–Crippen LogP) is 3.44. The van der Waals surface area contributed by atoms with Crippen molar-refractivity contribution >= 4 is 28.0 Å². The van der Waals surface area contributed by atoms with Crippen molar-refractivity contribution in [2.45, 2.75) is 19.9 Å². The summed E-state index contributed by atoms with van der Waals surface area (Å²) >= 11 is 0. The number of aromatic nitrogens is 2. The average molecular weight is 485 g/mol. The zero-order valence-electron chi connectivity index (χ0n) is 19.7. The molecule has 1 N–H and O–H groups in total. The number of nitrogens with zero attached hydrogens (tertiary/aromatic N) is 2. The summed E-state index contributed by atoms with van der Waals surface area (Å²) < 4.78 is 18.4. The Bertz CT molecular complexity index is 1700. The van der Waals surface area contributed by atoms with Crippen LogP contribution in [0.5, 0.6) is 5.75 Å². The number of para-hydroxylation sites is 1. The van der Waals surface area contributed by atoms with Gasteiger partial charge in [0.15, 0.2) is 5.58 Å². The maximum absolute atomic E-state index is 12.9. The van der Waals surface area contributed by atoms with Gasteiger partial charge >= 0.3 is 0 Å². The lowest BCUT2D eigenvalue weighted by Crippen LogP contribution is -2.31. The van der Waals surface area contributed by atoms with Gasteiger partial charge in [0.05, 0.1) is 36.3 Å². The van der Waals surface area contributed by atoms with Crippen LogP contribution in [0.3, 0.4) is 0 Å². The molecule has 0 aliphatic carbocycles. The van der Waals surface area contributed by atoms with E-state index in [2.05, 4.69) is 10.3 Å². The SMILES string of the molecule is COc1ccc(-c2oc3c(=O)cc(C)oc3c2CC(=O)NCCn2cnc3ccccc3c2=O)cc1. The maximum atomic E-state index is 12.9. The molecule has 1 amide bonds. The zero-order valence-corrected chi connectivity index (χ0v) is 19.7. The Labute approximate surface area is 204 Å². The van der Waals surface area contributed by atoms with E-state index in [1.54, 1.807) is 56.5 Å². The third-order valence-corrected chi connectivity index (χ3v) is 5.88. The first kappa shape index (κ1) is 23.1. The van der Waals surface area contributed by atoms with Crippen LogP contribution in [0.25, 0.3) is 33.4 Å². The molecule has 9 nitrogen and oxygen atoms in total. The van der Waals surface area contributed by atoms with Gasteiger partial charge in [0.1, 0.15) is 17.3 Å². The van der Waals surface area contributed by atoms with Gasteiger partial charge in [-0.05, 0) is 43.3 Å². The van der Waals surface area contributed by atoms with Crippen LogP contribution in [-0.4, -0.2) is 29.1 Å². The second-order valence-corrected chi connectivity index (χ2v) is 8.30. The summed E-state index contributed by atoms with van der Waals surface area (Å²) in [7, 11) is 1.57. The normalized spacial score (nSPS) is 11.2. The zero-order chi connectivity index (χ0) is 25.2. The van der Waals surface area contributed by atoms with Gasteiger partial charge in [0, 0.05) is 24.7 Å². The lowest BCUT2D eigenvalue weighted by atomic mass is 10.1. The fraction of sp³-hybridized carbons (Fsp3) is 0.185. The van der Waals surface area contributed by atoms with Crippen molar-refractivity contribution in [1.29, 1.82) is 0 Å². The number of amides is 1. The molecule has 0 unspecified atom stereocenters. The van der Waals surface area contributed by atoms with E-state index in [1.165, 1.54) is 17.0 Å². The van der Waals surface area contributed by atoms with Crippen molar-refractivity contribution < 1.29 is 18.4 Å². The van der Waals surface area contributed by atoms with Gasteiger partial charge in [0.25, 0.3) is 5.56 Å². The smallest absolute Gasteiger partial charge is 0.261 e. The lowest BCUT2D eigenvalue weighted by molar-refractivity contribution is -0.120. The van der Waals surface area contributed by atoms with Gasteiger partial charge in [-0.15, -0.1) is 0 Å². The Kier molecular flexibility index (Phi) is 6.12.